The molecule has 2 rings (SSSR count). The van der Waals surface area contributed by atoms with Gasteiger partial charge in [0, 0.05) is 36.2 Å². The van der Waals surface area contributed by atoms with E-state index >= 15 is 0 Å². The van der Waals surface area contributed by atoms with Gasteiger partial charge in [-0.3, -0.25) is 0 Å². The molecule has 2 unspecified atom stereocenters. The lowest BCUT2D eigenvalue weighted by atomic mass is 9.96. The number of nitrogens with one attached hydrogen (secondary N) is 1. The van der Waals surface area contributed by atoms with Crippen LogP contribution in [0.2, 0.25) is 0 Å². The molecule has 1 aromatic carbocycles. The Morgan fingerprint density at radius 1 is 1.62 bits per heavy atom. The largest absolute Gasteiger partial charge is 0.481 e. The van der Waals surface area contributed by atoms with Crippen molar-refractivity contribution in [2.24, 2.45) is 0 Å². The van der Waals surface area contributed by atoms with Crippen molar-refractivity contribution in [1.29, 1.82) is 0 Å². The molecule has 21 heavy (non-hydrogen) atoms. The van der Waals surface area contributed by atoms with Gasteiger partial charge in [-0.25, -0.2) is 0 Å². The minimum atomic E-state index is -0.800. The van der Waals surface area contributed by atoms with Crippen LogP contribution in [0.15, 0.2) is 22.7 Å². The number of hydrogen-bond acceptors (Lipinski definition) is 4. The minimum absolute atomic E-state index is 0.148. The predicted molar refractivity (Wildman–Crippen MR) is 85.2 cm³/mol. The zero-order valence-corrected chi connectivity index (χ0v) is 13.6. The summed E-state index contributed by atoms with van der Waals surface area (Å²) in [5.41, 5.74) is 0.195. The van der Waals surface area contributed by atoms with Gasteiger partial charge in [-0.1, -0.05) is 21.9 Å². The van der Waals surface area contributed by atoms with Gasteiger partial charge in [0.05, 0.1) is 6.10 Å². The van der Waals surface area contributed by atoms with Crippen LogP contribution in [0, 0.1) is 12.3 Å². The Morgan fingerprint density at radius 3 is 3.10 bits per heavy atom. The molecule has 0 saturated carbocycles. The topological polar surface area (TPSA) is 50.7 Å². The molecule has 1 saturated heterocycles. The maximum Gasteiger partial charge on any atom is 0.148 e. The molecule has 1 aromatic rings. The number of halogens is 1. The van der Waals surface area contributed by atoms with E-state index in [0.29, 0.717) is 26.1 Å². The normalized spacial score (nSPS) is 24.8. The summed E-state index contributed by atoms with van der Waals surface area (Å²) in [7, 11) is 0. The van der Waals surface area contributed by atoms with Crippen LogP contribution >= 0.6 is 15.9 Å². The van der Waals surface area contributed by atoms with Gasteiger partial charge in [0.1, 0.15) is 18.0 Å². The molecule has 2 N–H and O–H groups in total. The molecule has 4 nitrogen and oxygen atoms in total. The van der Waals surface area contributed by atoms with Gasteiger partial charge in [-0.05, 0) is 25.1 Å². The van der Waals surface area contributed by atoms with E-state index in [1.807, 2.05) is 25.1 Å². The minimum Gasteiger partial charge on any atom is -0.481 e. The van der Waals surface area contributed by atoms with Crippen molar-refractivity contribution in [3.63, 3.8) is 0 Å². The van der Waals surface area contributed by atoms with Gasteiger partial charge in [-0.2, -0.15) is 0 Å². The van der Waals surface area contributed by atoms with Gasteiger partial charge in [0.2, 0.25) is 0 Å². The summed E-state index contributed by atoms with van der Waals surface area (Å²) >= 11 is 3.45. The van der Waals surface area contributed by atoms with Crippen molar-refractivity contribution in [3.8, 4) is 18.1 Å². The van der Waals surface area contributed by atoms with Gasteiger partial charge in [-0.15, -0.1) is 6.42 Å². The highest BCUT2D eigenvalue weighted by Gasteiger charge is 2.38. The molecule has 0 bridgehead atoms. The van der Waals surface area contributed by atoms with E-state index in [1.54, 1.807) is 0 Å². The first-order valence-corrected chi connectivity index (χ1v) is 7.74. The summed E-state index contributed by atoms with van der Waals surface area (Å²) in [4.78, 5) is 0. The Hall–Kier alpha value is -1.06. The fourth-order valence-corrected chi connectivity index (χ4v) is 2.77. The van der Waals surface area contributed by atoms with Crippen LogP contribution in [0.5, 0.6) is 5.75 Å². The first-order chi connectivity index (χ1) is 10.0. The van der Waals surface area contributed by atoms with Crippen molar-refractivity contribution in [2.45, 2.75) is 31.6 Å². The van der Waals surface area contributed by atoms with Crippen LogP contribution in [0.3, 0.4) is 0 Å². The summed E-state index contributed by atoms with van der Waals surface area (Å²) in [6, 6.07) is 5.78. The van der Waals surface area contributed by atoms with Crippen molar-refractivity contribution in [2.75, 3.05) is 19.8 Å². The number of ether oxygens (including phenoxy) is 2. The van der Waals surface area contributed by atoms with Gasteiger partial charge in [0.25, 0.3) is 0 Å². The van der Waals surface area contributed by atoms with Crippen LogP contribution in [-0.2, 0) is 11.3 Å². The molecular formula is C16H20BrNO3. The molecule has 0 radical (unpaired) electrons. The van der Waals surface area contributed by atoms with E-state index in [0.717, 1.165) is 15.8 Å². The van der Waals surface area contributed by atoms with E-state index in [4.69, 9.17) is 15.9 Å². The smallest absolute Gasteiger partial charge is 0.148 e. The van der Waals surface area contributed by atoms with E-state index < -0.39 is 5.60 Å². The second-order valence-electron chi connectivity index (χ2n) is 5.21. The lowest BCUT2D eigenvalue weighted by Crippen LogP contribution is -2.45. The Balaban J connectivity index is 1.96. The van der Waals surface area contributed by atoms with Gasteiger partial charge in [0.15, 0.2) is 0 Å². The van der Waals surface area contributed by atoms with Crippen molar-refractivity contribution in [1.82, 2.24) is 5.32 Å². The second-order valence-corrected chi connectivity index (χ2v) is 6.13. The Labute approximate surface area is 134 Å². The molecular weight excluding hydrogens is 334 g/mol. The number of hydrogen-bond donors (Lipinski definition) is 2. The number of rotatable bonds is 6. The third kappa shape index (κ3) is 4.21. The summed E-state index contributed by atoms with van der Waals surface area (Å²) < 4.78 is 11.9. The summed E-state index contributed by atoms with van der Waals surface area (Å²) in [6.45, 7) is 3.81. The van der Waals surface area contributed by atoms with Crippen molar-refractivity contribution < 1.29 is 14.6 Å². The van der Waals surface area contributed by atoms with Crippen LogP contribution in [-0.4, -0.2) is 36.6 Å². The zero-order valence-electron chi connectivity index (χ0n) is 12.1. The Kier molecular flexibility index (Phi) is 5.65. The maximum absolute atomic E-state index is 10.4. The van der Waals surface area contributed by atoms with Crippen LogP contribution in [0.25, 0.3) is 0 Å². The quantitative estimate of drug-likeness (QED) is 0.769. The Morgan fingerprint density at radius 2 is 2.43 bits per heavy atom. The summed E-state index contributed by atoms with van der Waals surface area (Å²) in [6.07, 6.45) is 5.73. The first kappa shape index (κ1) is 16.3. The Bertz CT molecular complexity index is 529. The second kappa shape index (κ2) is 7.28. The molecule has 0 spiro atoms. The van der Waals surface area contributed by atoms with E-state index in [9.17, 15) is 5.11 Å². The molecule has 1 aliphatic heterocycles. The third-order valence-electron chi connectivity index (χ3n) is 3.74. The molecule has 1 aliphatic rings. The molecule has 114 valence electrons. The van der Waals surface area contributed by atoms with E-state index in [2.05, 4.69) is 27.2 Å². The number of terminal acetylenes is 1. The standard InChI is InChI=1S/C16H20BrNO3/c1-3-7-21-15-5-4-14(17)9-13(15)10-18-11-16(19)6-8-20-12(16)2/h1,4-5,9,12,18-19H,6-8,10-11H2,2H3. The van der Waals surface area contributed by atoms with Gasteiger partial charge < -0.3 is 19.9 Å². The number of benzene rings is 1. The highest BCUT2D eigenvalue weighted by molar-refractivity contribution is 9.10. The van der Waals surface area contributed by atoms with Gasteiger partial charge >= 0.3 is 0 Å². The highest BCUT2D eigenvalue weighted by Crippen LogP contribution is 2.26. The molecule has 1 fully saturated rings. The SMILES string of the molecule is C#CCOc1ccc(Br)cc1CNCC1(O)CCOC1C. The van der Waals surface area contributed by atoms with Crippen LogP contribution < -0.4 is 10.1 Å². The van der Waals surface area contributed by atoms with Crippen LogP contribution in [0.1, 0.15) is 18.9 Å². The lowest BCUT2D eigenvalue weighted by molar-refractivity contribution is -0.0263. The lowest BCUT2D eigenvalue weighted by Gasteiger charge is -2.26. The predicted octanol–water partition coefficient (Wildman–Crippen LogP) is 2.09. The monoisotopic (exact) mass is 353 g/mol. The average molecular weight is 354 g/mol. The average Bonchev–Trinajstić information content (AvgIpc) is 2.78. The van der Waals surface area contributed by atoms with E-state index in [-0.39, 0.29) is 12.7 Å². The first-order valence-electron chi connectivity index (χ1n) is 6.94. The molecule has 2 atom stereocenters. The molecule has 0 amide bonds. The molecule has 1 heterocycles. The fraction of sp³-hybridized carbons (Fsp3) is 0.500. The maximum atomic E-state index is 10.4. The molecule has 0 aliphatic carbocycles. The van der Waals surface area contributed by atoms with Crippen molar-refractivity contribution in [3.05, 3.63) is 28.2 Å². The fourth-order valence-electron chi connectivity index (χ4n) is 2.36. The highest BCUT2D eigenvalue weighted by atomic mass is 79.9. The molecule has 0 aromatic heterocycles. The van der Waals surface area contributed by atoms with Crippen LogP contribution in [0.4, 0.5) is 0 Å². The number of aliphatic hydroxyl groups is 1. The molecule has 5 heteroatoms. The third-order valence-corrected chi connectivity index (χ3v) is 4.23. The van der Waals surface area contributed by atoms with Crippen molar-refractivity contribution >= 4 is 15.9 Å². The summed E-state index contributed by atoms with van der Waals surface area (Å²) in [5.74, 6) is 3.22. The summed E-state index contributed by atoms with van der Waals surface area (Å²) in [5, 5.41) is 13.7. The zero-order chi connectivity index (χ0) is 15.3. The van der Waals surface area contributed by atoms with E-state index in [1.165, 1.54) is 0 Å².